The summed E-state index contributed by atoms with van der Waals surface area (Å²) >= 11 is 0. The van der Waals surface area contributed by atoms with Crippen molar-refractivity contribution in [3.8, 4) is 0 Å². The van der Waals surface area contributed by atoms with Crippen LogP contribution in [0, 0.1) is 15.9 Å². The largest absolute Gasteiger partial charge is 0.481 e. The maximum atomic E-state index is 13.3. The molecule has 98 valence electrons. The molecule has 8 heteroatoms. The van der Waals surface area contributed by atoms with Gasteiger partial charge in [0.1, 0.15) is 11.9 Å². The van der Waals surface area contributed by atoms with Crippen LogP contribution < -0.4 is 0 Å². The van der Waals surface area contributed by atoms with Gasteiger partial charge in [-0.25, -0.2) is 4.39 Å². The molecule has 0 saturated carbocycles. The van der Waals surface area contributed by atoms with E-state index < -0.39 is 46.6 Å². The summed E-state index contributed by atoms with van der Waals surface area (Å²) in [5.41, 5.74) is -0.981. The number of carboxylic acid groups (broad SMARTS) is 1. The maximum absolute atomic E-state index is 13.3. The molecule has 0 radical (unpaired) electrons. The van der Waals surface area contributed by atoms with E-state index in [9.17, 15) is 29.5 Å². The zero-order valence-corrected chi connectivity index (χ0v) is 8.99. The zero-order chi connectivity index (χ0) is 13.9. The molecule has 0 heterocycles. The Bertz CT molecular complexity index is 477. The molecule has 1 rings (SSSR count). The average molecular weight is 259 g/mol. The van der Waals surface area contributed by atoms with Gasteiger partial charge in [0.05, 0.1) is 17.4 Å². The van der Waals surface area contributed by atoms with Crippen LogP contribution in [0.15, 0.2) is 18.2 Å². The summed E-state index contributed by atoms with van der Waals surface area (Å²) in [7, 11) is 0. The highest BCUT2D eigenvalue weighted by Crippen LogP contribution is 2.25. The first-order valence-corrected chi connectivity index (χ1v) is 4.84. The van der Waals surface area contributed by atoms with Crippen LogP contribution in [0.3, 0.4) is 0 Å². The SMILES string of the molecule is O=C(O)CC(O)C(O)c1cc([N+](=O)[O-])ccc1F. The Hall–Kier alpha value is -2.06. The van der Waals surface area contributed by atoms with Crippen LogP contribution >= 0.6 is 0 Å². The summed E-state index contributed by atoms with van der Waals surface area (Å²) in [5.74, 6) is -2.34. The molecule has 7 nitrogen and oxygen atoms in total. The Balaban J connectivity index is 3.03. The maximum Gasteiger partial charge on any atom is 0.306 e. The number of non-ortho nitro benzene ring substituents is 1. The van der Waals surface area contributed by atoms with Crippen LogP contribution in [0.1, 0.15) is 18.1 Å². The predicted octanol–water partition coefficient (Wildman–Crippen LogP) is 0.603. The molecule has 0 saturated heterocycles. The number of rotatable bonds is 5. The average Bonchev–Trinajstić information content (AvgIpc) is 2.27. The standard InChI is InChI=1S/C10H10FNO6/c11-7-2-1-5(12(17)18)3-6(7)10(16)8(13)4-9(14)15/h1-3,8,10,13,16H,4H2,(H,14,15). The fourth-order valence-corrected chi connectivity index (χ4v) is 1.37. The lowest BCUT2D eigenvalue weighted by molar-refractivity contribution is -0.385. The fraction of sp³-hybridized carbons (Fsp3) is 0.300. The summed E-state index contributed by atoms with van der Waals surface area (Å²) in [6, 6.07) is 2.42. The molecule has 3 N–H and O–H groups in total. The lowest BCUT2D eigenvalue weighted by atomic mass is 10.0. The van der Waals surface area contributed by atoms with Gasteiger partial charge in [-0.15, -0.1) is 0 Å². The van der Waals surface area contributed by atoms with E-state index in [-0.39, 0.29) is 0 Å². The van der Waals surface area contributed by atoms with Crippen molar-refractivity contribution in [1.82, 2.24) is 0 Å². The van der Waals surface area contributed by atoms with Gasteiger partial charge in [0, 0.05) is 17.7 Å². The number of nitro benzene ring substituents is 1. The van der Waals surface area contributed by atoms with Crippen LogP contribution in [0.25, 0.3) is 0 Å². The number of aliphatic hydroxyl groups is 2. The molecular weight excluding hydrogens is 249 g/mol. The monoisotopic (exact) mass is 259 g/mol. The summed E-state index contributed by atoms with van der Waals surface area (Å²) in [6.45, 7) is 0. The first-order valence-electron chi connectivity index (χ1n) is 4.84. The Morgan fingerprint density at radius 2 is 2.06 bits per heavy atom. The Kier molecular flexibility index (Phi) is 4.29. The van der Waals surface area contributed by atoms with E-state index in [1.54, 1.807) is 0 Å². The second kappa shape index (κ2) is 5.52. The first kappa shape index (κ1) is 14.0. The molecule has 0 aromatic heterocycles. The highest BCUT2D eigenvalue weighted by molar-refractivity contribution is 5.67. The number of nitrogens with zero attached hydrogens (tertiary/aromatic N) is 1. The van der Waals surface area contributed by atoms with Crippen LogP contribution in [0.2, 0.25) is 0 Å². The predicted molar refractivity (Wildman–Crippen MR) is 56.3 cm³/mol. The molecule has 0 aliphatic carbocycles. The molecule has 0 bridgehead atoms. The second-order valence-corrected chi connectivity index (χ2v) is 3.57. The molecule has 1 aromatic rings. The summed E-state index contributed by atoms with van der Waals surface area (Å²) in [6.07, 6.45) is -4.40. The third-order valence-corrected chi connectivity index (χ3v) is 2.26. The van der Waals surface area contributed by atoms with Gasteiger partial charge >= 0.3 is 5.97 Å². The van der Waals surface area contributed by atoms with Crippen molar-refractivity contribution in [1.29, 1.82) is 0 Å². The smallest absolute Gasteiger partial charge is 0.306 e. The Morgan fingerprint density at radius 3 is 2.56 bits per heavy atom. The van der Waals surface area contributed by atoms with E-state index in [0.717, 1.165) is 18.2 Å². The van der Waals surface area contributed by atoms with Crippen molar-refractivity contribution in [2.45, 2.75) is 18.6 Å². The van der Waals surface area contributed by atoms with Gasteiger partial charge in [0.2, 0.25) is 0 Å². The van der Waals surface area contributed by atoms with Gasteiger partial charge in [-0.1, -0.05) is 0 Å². The molecule has 2 unspecified atom stereocenters. The van der Waals surface area contributed by atoms with Crippen LogP contribution in [0.5, 0.6) is 0 Å². The van der Waals surface area contributed by atoms with Crippen LogP contribution in [0.4, 0.5) is 10.1 Å². The van der Waals surface area contributed by atoms with Crippen molar-refractivity contribution in [3.63, 3.8) is 0 Å². The topological polar surface area (TPSA) is 121 Å². The van der Waals surface area contributed by atoms with Crippen LogP contribution in [-0.4, -0.2) is 32.3 Å². The van der Waals surface area contributed by atoms with E-state index in [0.29, 0.717) is 0 Å². The number of nitro groups is 1. The summed E-state index contributed by atoms with van der Waals surface area (Å²) < 4.78 is 13.3. The summed E-state index contributed by atoms with van der Waals surface area (Å²) in [5, 5.41) is 37.8. The van der Waals surface area contributed by atoms with E-state index in [1.165, 1.54) is 0 Å². The van der Waals surface area contributed by atoms with E-state index in [1.807, 2.05) is 0 Å². The number of benzene rings is 1. The molecule has 0 fully saturated rings. The molecule has 0 aliphatic rings. The minimum absolute atomic E-state index is 0.465. The molecule has 18 heavy (non-hydrogen) atoms. The van der Waals surface area contributed by atoms with Crippen molar-refractivity contribution < 1.29 is 29.4 Å². The van der Waals surface area contributed by atoms with E-state index in [4.69, 9.17) is 5.11 Å². The lowest BCUT2D eigenvalue weighted by Gasteiger charge is -2.16. The number of hydrogen-bond acceptors (Lipinski definition) is 5. The molecule has 1 aromatic carbocycles. The van der Waals surface area contributed by atoms with Gasteiger partial charge in [0.15, 0.2) is 0 Å². The van der Waals surface area contributed by atoms with Crippen molar-refractivity contribution in [2.75, 3.05) is 0 Å². The number of hydrogen-bond donors (Lipinski definition) is 3. The minimum Gasteiger partial charge on any atom is -0.481 e. The number of halogens is 1. The Morgan fingerprint density at radius 1 is 1.44 bits per heavy atom. The molecular formula is C10H10FNO6. The van der Waals surface area contributed by atoms with E-state index >= 15 is 0 Å². The number of aliphatic hydroxyl groups excluding tert-OH is 2. The van der Waals surface area contributed by atoms with Gasteiger partial charge in [-0.2, -0.15) is 0 Å². The first-order chi connectivity index (χ1) is 8.32. The summed E-state index contributed by atoms with van der Waals surface area (Å²) in [4.78, 5) is 20.0. The van der Waals surface area contributed by atoms with Gasteiger partial charge < -0.3 is 15.3 Å². The molecule has 2 atom stereocenters. The third kappa shape index (κ3) is 3.22. The molecule has 0 spiro atoms. The van der Waals surface area contributed by atoms with Crippen molar-refractivity contribution >= 4 is 11.7 Å². The lowest BCUT2D eigenvalue weighted by Crippen LogP contribution is -2.22. The molecule has 0 aliphatic heterocycles. The zero-order valence-electron chi connectivity index (χ0n) is 8.99. The minimum atomic E-state index is -1.85. The Labute approximate surface area is 100 Å². The highest BCUT2D eigenvalue weighted by Gasteiger charge is 2.25. The van der Waals surface area contributed by atoms with Gasteiger partial charge in [-0.3, -0.25) is 14.9 Å². The second-order valence-electron chi connectivity index (χ2n) is 3.57. The van der Waals surface area contributed by atoms with Crippen molar-refractivity contribution in [3.05, 3.63) is 39.7 Å². The van der Waals surface area contributed by atoms with Gasteiger partial charge in [-0.05, 0) is 6.07 Å². The third-order valence-electron chi connectivity index (χ3n) is 2.26. The number of carboxylic acids is 1. The fourth-order valence-electron chi connectivity index (χ4n) is 1.37. The van der Waals surface area contributed by atoms with Crippen molar-refractivity contribution in [2.24, 2.45) is 0 Å². The highest BCUT2D eigenvalue weighted by atomic mass is 19.1. The quantitative estimate of drug-likeness (QED) is 0.526. The normalized spacial score (nSPS) is 13.9. The molecule has 0 amide bonds. The van der Waals surface area contributed by atoms with Gasteiger partial charge in [0.25, 0.3) is 5.69 Å². The number of carbonyl (C=O) groups is 1. The number of aliphatic carboxylic acids is 1. The van der Waals surface area contributed by atoms with Crippen LogP contribution in [-0.2, 0) is 4.79 Å². The van der Waals surface area contributed by atoms with E-state index in [2.05, 4.69) is 0 Å².